The minimum absolute atomic E-state index is 0.512. The second kappa shape index (κ2) is 4.20. The van der Waals surface area contributed by atoms with Crippen LogP contribution in [-0.4, -0.2) is 6.29 Å². The average molecular weight is 218 g/mol. The van der Waals surface area contributed by atoms with E-state index in [2.05, 4.69) is 26.0 Å². The molecular formula is C15H22O. The minimum atomic E-state index is 0.512. The van der Waals surface area contributed by atoms with Crippen molar-refractivity contribution >= 4 is 6.29 Å². The fourth-order valence-corrected chi connectivity index (χ4v) is 3.53. The summed E-state index contributed by atoms with van der Waals surface area (Å²) >= 11 is 0. The lowest BCUT2D eigenvalue weighted by molar-refractivity contribution is -0.104. The van der Waals surface area contributed by atoms with Gasteiger partial charge >= 0.3 is 0 Å². The van der Waals surface area contributed by atoms with Gasteiger partial charge in [-0.15, -0.1) is 0 Å². The molecule has 0 saturated heterocycles. The van der Waals surface area contributed by atoms with E-state index in [4.69, 9.17) is 0 Å². The summed E-state index contributed by atoms with van der Waals surface area (Å²) < 4.78 is 0. The molecule has 0 amide bonds. The van der Waals surface area contributed by atoms with Crippen LogP contribution >= 0.6 is 0 Å². The second-order valence-electron chi connectivity index (χ2n) is 5.78. The van der Waals surface area contributed by atoms with Crippen molar-refractivity contribution in [2.24, 2.45) is 17.3 Å². The van der Waals surface area contributed by atoms with Gasteiger partial charge in [-0.2, -0.15) is 0 Å². The van der Waals surface area contributed by atoms with Gasteiger partial charge in [0.05, 0.1) is 0 Å². The Kier molecular flexibility index (Phi) is 3.05. The number of carbonyl (C=O) groups excluding carboxylic acids is 1. The molecule has 1 fully saturated rings. The van der Waals surface area contributed by atoms with Crippen LogP contribution in [0.2, 0.25) is 0 Å². The smallest absolute Gasteiger partial charge is 0.145 e. The van der Waals surface area contributed by atoms with Crippen LogP contribution in [0.1, 0.15) is 46.5 Å². The third kappa shape index (κ3) is 1.77. The van der Waals surface area contributed by atoms with E-state index in [9.17, 15) is 4.79 Å². The van der Waals surface area contributed by atoms with Crippen molar-refractivity contribution in [1.82, 2.24) is 0 Å². The third-order valence-corrected chi connectivity index (χ3v) is 4.86. The first-order valence-corrected chi connectivity index (χ1v) is 6.36. The Morgan fingerprint density at radius 1 is 1.62 bits per heavy atom. The lowest BCUT2D eigenvalue weighted by Gasteiger charge is -2.58. The van der Waals surface area contributed by atoms with Gasteiger partial charge in [0.15, 0.2) is 0 Å². The van der Waals surface area contributed by atoms with E-state index in [1.165, 1.54) is 19.3 Å². The van der Waals surface area contributed by atoms with E-state index < -0.39 is 0 Å². The van der Waals surface area contributed by atoms with Gasteiger partial charge in [-0.3, -0.25) is 4.79 Å². The zero-order chi connectivity index (χ0) is 11.8. The topological polar surface area (TPSA) is 17.1 Å². The zero-order valence-corrected chi connectivity index (χ0v) is 10.6. The summed E-state index contributed by atoms with van der Waals surface area (Å²) in [4.78, 5) is 10.5. The van der Waals surface area contributed by atoms with Crippen molar-refractivity contribution in [2.75, 3.05) is 0 Å². The van der Waals surface area contributed by atoms with Gasteiger partial charge in [0.1, 0.15) is 6.29 Å². The van der Waals surface area contributed by atoms with Crippen LogP contribution in [0.5, 0.6) is 0 Å². The lowest BCUT2D eigenvalue weighted by Crippen LogP contribution is -2.49. The fourth-order valence-electron chi connectivity index (χ4n) is 3.53. The normalized spacial score (nSPS) is 37.7. The molecule has 0 heterocycles. The molecule has 3 aliphatic carbocycles. The van der Waals surface area contributed by atoms with Gasteiger partial charge in [-0.25, -0.2) is 0 Å². The quantitative estimate of drug-likeness (QED) is 0.397. The first-order valence-electron chi connectivity index (χ1n) is 6.36. The van der Waals surface area contributed by atoms with Crippen LogP contribution in [0.4, 0.5) is 0 Å². The van der Waals surface area contributed by atoms with E-state index in [0.717, 1.165) is 30.1 Å². The summed E-state index contributed by atoms with van der Waals surface area (Å²) in [7, 11) is 0. The van der Waals surface area contributed by atoms with Gasteiger partial charge < -0.3 is 0 Å². The highest BCUT2D eigenvalue weighted by molar-refractivity contribution is 5.71. The fraction of sp³-hybridized carbons (Fsp3) is 0.667. The standard InChI is InChI=1S/C15H22O/c1-11(10-16)5-4-8-15(3)13-7-6-12(2)14(15)9-13/h5-6,10,13-14H,4,7-9H2,1-3H3/t13-,14-,15+/m1/s1. The Morgan fingerprint density at radius 2 is 2.38 bits per heavy atom. The number of hydrogen-bond donors (Lipinski definition) is 0. The Balaban J connectivity index is 1.96. The summed E-state index contributed by atoms with van der Waals surface area (Å²) in [5, 5.41) is 0. The van der Waals surface area contributed by atoms with Gasteiger partial charge in [-0.05, 0) is 62.4 Å². The van der Waals surface area contributed by atoms with E-state index in [-0.39, 0.29) is 0 Å². The molecule has 88 valence electrons. The van der Waals surface area contributed by atoms with E-state index in [0.29, 0.717) is 5.41 Å². The molecule has 0 aromatic carbocycles. The maximum Gasteiger partial charge on any atom is 0.145 e. The highest BCUT2D eigenvalue weighted by atomic mass is 16.1. The summed E-state index contributed by atoms with van der Waals surface area (Å²) in [6, 6.07) is 0. The van der Waals surface area contributed by atoms with Crippen molar-refractivity contribution in [3.63, 3.8) is 0 Å². The predicted molar refractivity (Wildman–Crippen MR) is 67.1 cm³/mol. The van der Waals surface area contributed by atoms with Crippen LogP contribution in [0.15, 0.2) is 23.3 Å². The molecule has 16 heavy (non-hydrogen) atoms. The molecule has 3 rings (SSSR count). The molecule has 0 aromatic heterocycles. The van der Waals surface area contributed by atoms with E-state index in [1.54, 1.807) is 5.57 Å². The van der Waals surface area contributed by atoms with Crippen molar-refractivity contribution < 1.29 is 4.79 Å². The van der Waals surface area contributed by atoms with Crippen LogP contribution in [0, 0.1) is 17.3 Å². The van der Waals surface area contributed by atoms with Crippen molar-refractivity contribution in [1.29, 1.82) is 0 Å². The van der Waals surface area contributed by atoms with E-state index >= 15 is 0 Å². The molecule has 0 spiro atoms. The van der Waals surface area contributed by atoms with Crippen LogP contribution < -0.4 is 0 Å². The molecule has 2 bridgehead atoms. The van der Waals surface area contributed by atoms with Gasteiger partial charge in [0, 0.05) is 0 Å². The van der Waals surface area contributed by atoms with Crippen LogP contribution in [0.3, 0.4) is 0 Å². The number of fused-ring (bicyclic) bond motifs is 1. The maximum absolute atomic E-state index is 10.5. The van der Waals surface area contributed by atoms with Crippen molar-refractivity contribution in [3.8, 4) is 0 Å². The number of allylic oxidation sites excluding steroid dienone is 4. The monoisotopic (exact) mass is 218 g/mol. The number of carbonyl (C=O) groups is 1. The molecule has 3 aliphatic rings. The van der Waals surface area contributed by atoms with Gasteiger partial charge in [0.2, 0.25) is 0 Å². The molecule has 0 unspecified atom stereocenters. The highest BCUT2D eigenvalue weighted by Gasteiger charge is 2.52. The Bertz CT molecular complexity index is 350. The van der Waals surface area contributed by atoms with Crippen LogP contribution in [-0.2, 0) is 4.79 Å². The molecule has 0 radical (unpaired) electrons. The summed E-state index contributed by atoms with van der Waals surface area (Å²) in [5.41, 5.74) is 2.99. The first-order chi connectivity index (χ1) is 7.58. The predicted octanol–water partition coefficient (Wildman–Crippen LogP) is 3.90. The van der Waals surface area contributed by atoms with Gasteiger partial charge in [-0.1, -0.05) is 24.6 Å². The molecule has 3 atom stereocenters. The Morgan fingerprint density at radius 3 is 2.94 bits per heavy atom. The maximum atomic E-state index is 10.5. The Hall–Kier alpha value is -0.850. The molecule has 1 heteroatoms. The molecule has 0 aromatic rings. The molecule has 0 aliphatic heterocycles. The zero-order valence-electron chi connectivity index (χ0n) is 10.6. The molecular weight excluding hydrogens is 196 g/mol. The highest BCUT2D eigenvalue weighted by Crippen LogP contribution is 2.61. The molecule has 0 N–H and O–H groups in total. The molecule has 1 nitrogen and oxygen atoms in total. The molecule has 1 saturated carbocycles. The largest absolute Gasteiger partial charge is 0.298 e. The average Bonchev–Trinajstić information content (AvgIpc) is 2.28. The first kappa shape index (κ1) is 11.6. The second-order valence-corrected chi connectivity index (χ2v) is 5.78. The van der Waals surface area contributed by atoms with E-state index in [1.807, 2.05) is 6.92 Å². The number of rotatable bonds is 4. The lowest BCUT2D eigenvalue weighted by atomic mass is 9.47. The summed E-state index contributed by atoms with van der Waals surface area (Å²) in [6.45, 7) is 6.61. The summed E-state index contributed by atoms with van der Waals surface area (Å²) in [6.07, 6.45) is 10.4. The minimum Gasteiger partial charge on any atom is -0.298 e. The summed E-state index contributed by atoms with van der Waals surface area (Å²) in [5.74, 6) is 1.71. The number of aldehydes is 1. The number of hydrogen-bond acceptors (Lipinski definition) is 1. The van der Waals surface area contributed by atoms with Crippen LogP contribution in [0.25, 0.3) is 0 Å². The van der Waals surface area contributed by atoms with Crippen molar-refractivity contribution in [3.05, 3.63) is 23.3 Å². The Labute approximate surface area is 98.6 Å². The van der Waals surface area contributed by atoms with Gasteiger partial charge in [0.25, 0.3) is 0 Å². The van der Waals surface area contributed by atoms with Crippen molar-refractivity contribution in [2.45, 2.75) is 46.5 Å². The third-order valence-electron chi connectivity index (χ3n) is 4.86. The SMILES string of the molecule is CC(C=O)=CCC[C@@]1(C)[C@@H]2CC=C(C)[C@H]1C2.